The smallest absolute Gasteiger partial charge is 0.243 e. The highest BCUT2D eigenvalue weighted by Gasteiger charge is 2.18. The molecule has 1 N–H and O–H groups in total. The van der Waals surface area contributed by atoms with Crippen LogP contribution >= 0.6 is 0 Å². The fourth-order valence-corrected chi connectivity index (χ4v) is 1.69. The molecule has 5 nitrogen and oxygen atoms in total. The van der Waals surface area contributed by atoms with E-state index in [2.05, 4.69) is 4.98 Å². The van der Waals surface area contributed by atoms with Gasteiger partial charge in [-0.3, -0.25) is 9.59 Å². The molecule has 1 aromatic rings. The van der Waals surface area contributed by atoms with E-state index in [1.54, 1.807) is 6.20 Å². The van der Waals surface area contributed by atoms with E-state index in [0.717, 1.165) is 18.8 Å². The summed E-state index contributed by atoms with van der Waals surface area (Å²) in [7, 11) is 0. The van der Waals surface area contributed by atoms with Crippen LogP contribution in [-0.4, -0.2) is 43.4 Å². The number of hydrogen-bond donors (Lipinski definition) is 1. The van der Waals surface area contributed by atoms with Crippen LogP contribution in [0.4, 0.5) is 5.69 Å². The van der Waals surface area contributed by atoms with Crippen molar-refractivity contribution >= 4 is 17.8 Å². The molecule has 2 heterocycles. The maximum absolute atomic E-state index is 11.3. The van der Waals surface area contributed by atoms with Gasteiger partial charge in [-0.25, -0.2) is 0 Å². The highest BCUT2D eigenvalue weighted by Crippen LogP contribution is 2.20. The van der Waals surface area contributed by atoms with Gasteiger partial charge in [-0.05, 0) is 6.07 Å². The molecule has 1 aliphatic rings. The second-order valence-electron chi connectivity index (χ2n) is 3.32. The Balaban J connectivity index is 2.23. The minimum Gasteiger partial charge on any atom is -0.378 e. The van der Waals surface area contributed by atoms with Gasteiger partial charge in [0.05, 0.1) is 18.9 Å². The molecule has 0 aliphatic carbocycles. The fraction of sp³-hybridized carbons (Fsp3) is 0.400. The van der Waals surface area contributed by atoms with Crippen LogP contribution in [0.1, 0.15) is 10.5 Å². The van der Waals surface area contributed by atoms with Crippen molar-refractivity contribution < 1.29 is 14.3 Å². The number of aromatic amines is 1. The molecule has 0 saturated carbocycles. The summed E-state index contributed by atoms with van der Waals surface area (Å²) in [5.41, 5.74) is 1.15. The lowest BCUT2D eigenvalue weighted by atomic mass is 10.2. The number of carbonyl (C=O) groups excluding carboxylic acids is 2. The van der Waals surface area contributed by atoms with E-state index >= 15 is 0 Å². The second kappa shape index (κ2) is 4.27. The van der Waals surface area contributed by atoms with E-state index in [1.165, 1.54) is 0 Å². The van der Waals surface area contributed by atoms with Crippen LogP contribution in [0.2, 0.25) is 0 Å². The van der Waals surface area contributed by atoms with Gasteiger partial charge in [0, 0.05) is 19.3 Å². The number of ether oxygens (including phenoxy) is 1. The lowest BCUT2D eigenvalue weighted by Crippen LogP contribution is -2.36. The quantitative estimate of drug-likeness (QED) is 0.439. The Bertz CT molecular complexity index is 366. The number of aldehydes is 1. The number of morpholine rings is 1. The minimum atomic E-state index is -0.513. The summed E-state index contributed by atoms with van der Waals surface area (Å²) < 4.78 is 5.22. The monoisotopic (exact) mass is 208 g/mol. The predicted molar refractivity (Wildman–Crippen MR) is 54.2 cm³/mol. The van der Waals surface area contributed by atoms with Crippen molar-refractivity contribution in [3.8, 4) is 0 Å². The fourth-order valence-electron chi connectivity index (χ4n) is 1.69. The van der Waals surface area contributed by atoms with E-state index in [-0.39, 0.29) is 0 Å². The molecule has 5 heteroatoms. The van der Waals surface area contributed by atoms with Crippen LogP contribution in [0.25, 0.3) is 0 Å². The number of nitrogens with one attached hydrogen (secondary N) is 1. The zero-order valence-corrected chi connectivity index (χ0v) is 8.23. The van der Waals surface area contributed by atoms with Crippen LogP contribution in [0.15, 0.2) is 12.3 Å². The van der Waals surface area contributed by atoms with E-state index in [0.29, 0.717) is 25.2 Å². The van der Waals surface area contributed by atoms with E-state index in [9.17, 15) is 9.59 Å². The molecule has 1 aromatic heterocycles. The first-order valence-electron chi connectivity index (χ1n) is 4.82. The van der Waals surface area contributed by atoms with Gasteiger partial charge in [0.1, 0.15) is 5.69 Å². The minimum absolute atomic E-state index is 0.329. The summed E-state index contributed by atoms with van der Waals surface area (Å²) in [6.45, 7) is 2.80. The molecule has 0 aromatic carbocycles. The summed E-state index contributed by atoms with van der Waals surface area (Å²) in [6.07, 6.45) is 2.00. The molecule has 0 atom stereocenters. The Morgan fingerprint density at radius 2 is 2.20 bits per heavy atom. The number of ketones is 1. The third kappa shape index (κ3) is 1.92. The highest BCUT2D eigenvalue weighted by atomic mass is 16.5. The maximum atomic E-state index is 11.3. The molecule has 1 saturated heterocycles. The van der Waals surface area contributed by atoms with Crippen molar-refractivity contribution in [2.45, 2.75) is 0 Å². The van der Waals surface area contributed by atoms with E-state index < -0.39 is 5.78 Å². The average Bonchev–Trinajstić information content (AvgIpc) is 2.78. The molecule has 80 valence electrons. The second-order valence-corrected chi connectivity index (χ2v) is 3.32. The molecule has 0 amide bonds. The molecule has 15 heavy (non-hydrogen) atoms. The molecule has 0 unspecified atom stereocenters. The number of carbonyl (C=O) groups is 2. The maximum Gasteiger partial charge on any atom is 0.243 e. The normalized spacial score (nSPS) is 16.4. The molecule has 0 radical (unpaired) electrons. The number of H-pyrrole nitrogens is 1. The van der Waals surface area contributed by atoms with Crippen molar-refractivity contribution in [1.29, 1.82) is 0 Å². The Labute approximate surface area is 87.0 Å². The summed E-state index contributed by atoms with van der Waals surface area (Å²) in [6, 6.07) is 1.81. The lowest BCUT2D eigenvalue weighted by molar-refractivity contribution is -0.104. The van der Waals surface area contributed by atoms with Crippen LogP contribution in [0.5, 0.6) is 0 Å². The van der Waals surface area contributed by atoms with Gasteiger partial charge in [0.2, 0.25) is 5.78 Å². The highest BCUT2D eigenvalue weighted by molar-refractivity contribution is 6.34. The van der Waals surface area contributed by atoms with E-state index in [4.69, 9.17) is 4.74 Å². The summed E-state index contributed by atoms with van der Waals surface area (Å²) in [4.78, 5) is 26.5. The van der Waals surface area contributed by atoms with E-state index in [1.807, 2.05) is 11.0 Å². The van der Waals surface area contributed by atoms with Crippen molar-refractivity contribution in [2.24, 2.45) is 0 Å². The van der Waals surface area contributed by atoms with Crippen molar-refractivity contribution in [2.75, 3.05) is 31.2 Å². The first-order valence-corrected chi connectivity index (χ1v) is 4.82. The molecule has 0 spiro atoms. The van der Waals surface area contributed by atoms with Crippen LogP contribution in [0, 0.1) is 0 Å². The zero-order valence-electron chi connectivity index (χ0n) is 8.23. The third-order valence-corrected chi connectivity index (χ3v) is 2.43. The van der Waals surface area contributed by atoms with Gasteiger partial charge in [0.25, 0.3) is 0 Å². The molecular formula is C10H12N2O3. The summed E-state index contributed by atoms with van der Waals surface area (Å²) in [5.74, 6) is -0.513. The zero-order chi connectivity index (χ0) is 10.7. The number of anilines is 1. The summed E-state index contributed by atoms with van der Waals surface area (Å²) >= 11 is 0. The Kier molecular flexibility index (Phi) is 2.82. The molecule has 0 bridgehead atoms. The van der Waals surface area contributed by atoms with Crippen molar-refractivity contribution in [1.82, 2.24) is 4.98 Å². The third-order valence-electron chi connectivity index (χ3n) is 2.43. The van der Waals surface area contributed by atoms with Gasteiger partial charge in [-0.2, -0.15) is 0 Å². The largest absolute Gasteiger partial charge is 0.378 e. The standard InChI is InChI=1S/C10H12N2O3/c13-7-9(14)10-8(1-2-11-10)12-3-5-15-6-4-12/h1-2,7,11H,3-6H2. The van der Waals surface area contributed by atoms with Gasteiger partial charge in [0.15, 0.2) is 6.29 Å². The van der Waals surface area contributed by atoms with Crippen LogP contribution in [0.3, 0.4) is 0 Å². The number of nitrogens with zero attached hydrogens (tertiary/aromatic N) is 1. The van der Waals surface area contributed by atoms with Crippen LogP contribution < -0.4 is 4.90 Å². The first-order chi connectivity index (χ1) is 7.33. The lowest BCUT2D eigenvalue weighted by Gasteiger charge is -2.28. The van der Waals surface area contributed by atoms with Gasteiger partial charge < -0.3 is 14.6 Å². The first kappa shape index (κ1) is 9.92. The topological polar surface area (TPSA) is 62.4 Å². The SMILES string of the molecule is O=CC(=O)c1[nH]ccc1N1CCOCC1. The number of Topliss-reactive ketones (excluding diaryl/α,β-unsaturated/α-hetero) is 1. The molecule has 1 fully saturated rings. The Morgan fingerprint density at radius 3 is 2.87 bits per heavy atom. The van der Waals surface area contributed by atoms with Crippen LogP contribution in [-0.2, 0) is 9.53 Å². The molecular weight excluding hydrogens is 196 g/mol. The molecule has 2 rings (SSSR count). The summed E-state index contributed by atoms with van der Waals surface area (Å²) in [5, 5.41) is 0. The average molecular weight is 208 g/mol. The Hall–Kier alpha value is -1.62. The predicted octanol–water partition coefficient (Wildman–Crippen LogP) is 0.233. The van der Waals surface area contributed by atoms with Gasteiger partial charge >= 0.3 is 0 Å². The number of aromatic nitrogens is 1. The number of hydrogen-bond acceptors (Lipinski definition) is 4. The molecule has 1 aliphatic heterocycles. The van der Waals surface area contributed by atoms with Crippen molar-refractivity contribution in [3.63, 3.8) is 0 Å². The van der Waals surface area contributed by atoms with Gasteiger partial charge in [-0.1, -0.05) is 0 Å². The van der Waals surface area contributed by atoms with Crippen molar-refractivity contribution in [3.05, 3.63) is 18.0 Å². The van der Waals surface area contributed by atoms with Gasteiger partial charge in [-0.15, -0.1) is 0 Å². The Morgan fingerprint density at radius 1 is 1.47 bits per heavy atom. The number of rotatable bonds is 3.